The number of halogens is 2. The Hall–Kier alpha value is 1.20. The minimum Gasteiger partial charge on any atom is -0.870 e. The number of hydrogen-bond donors (Lipinski definition) is 3. The molecule has 1 saturated heterocycles. The van der Waals surface area contributed by atoms with Crippen molar-refractivity contribution < 1.29 is 76.7 Å². The van der Waals surface area contributed by atoms with Crippen LogP contribution >= 0.6 is 23.2 Å². The van der Waals surface area contributed by atoms with E-state index in [0.717, 1.165) is 25.8 Å². The summed E-state index contributed by atoms with van der Waals surface area (Å²) >= 11 is 10.2. The quantitative estimate of drug-likeness (QED) is 0.242. The summed E-state index contributed by atoms with van der Waals surface area (Å²) in [5, 5.41) is 16.8. The number of alkyl halides is 1. The fourth-order valence-electron chi connectivity index (χ4n) is 1.84. The molecule has 0 aromatic rings. The van der Waals surface area contributed by atoms with Crippen LogP contribution in [0.1, 0.15) is 52.4 Å². The van der Waals surface area contributed by atoms with E-state index in [1.807, 2.05) is 13.8 Å². The maximum Gasteiger partial charge on any atom is 1.00 e. The van der Waals surface area contributed by atoms with Crippen molar-refractivity contribution in [3.05, 3.63) is 0 Å². The largest absolute Gasteiger partial charge is 1.00 e. The normalized spacial score (nSPS) is 14.6. The number of nitrogens with two attached hydrogens (primary N) is 1. The number of aliphatic hydroxyl groups is 2. The molecule has 1 amide bonds. The molecule has 1 aliphatic rings. The Bertz CT molecular complexity index is 334. The fraction of sp³-hybridized carbons (Fsp3) is 0.875. The molecule has 0 radical (unpaired) electrons. The minimum absolute atomic E-state index is 0. The molecular weight excluding hydrogens is 410 g/mol. The van der Waals surface area contributed by atoms with Gasteiger partial charge in [0.05, 0.1) is 19.3 Å². The first kappa shape index (κ1) is 34.7. The molecule has 152 valence electrons. The molecule has 2 atom stereocenters. The van der Waals surface area contributed by atoms with E-state index >= 15 is 0 Å². The van der Waals surface area contributed by atoms with E-state index in [2.05, 4.69) is 0 Å². The molecule has 0 bridgehead atoms. The molecule has 5 N–H and O–H groups in total. The molecule has 1 rings (SSSR count). The van der Waals surface area contributed by atoms with Crippen molar-refractivity contribution in [2.45, 2.75) is 64.5 Å². The van der Waals surface area contributed by atoms with Crippen molar-refractivity contribution in [1.82, 2.24) is 4.90 Å². The second-order valence-electron chi connectivity index (χ2n) is 5.43. The van der Waals surface area contributed by atoms with Gasteiger partial charge in [0, 0.05) is 31.3 Å². The predicted octanol–water partition coefficient (Wildman–Crippen LogP) is -1.31. The monoisotopic (exact) mass is 442 g/mol. The molecule has 0 aliphatic carbocycles. The molecule has 1 aliphatic heterocycles. The molecule has 0 aromatic heterocycles. The molecule has 10 heteroatoms. The summed E-state index contributed by atoms with van der Waals surface area (Å²) in [6.07, 6.45) is 4.40. The van der Waals surface area contributed by atoms with E-state index < -0.39 is 0 Å². The SMILES string of the molecule is CC[C@@H](CO)N1CCCC1=O.CC[C@H](N)CO.O=C(Cl)CCCCl.[K+].[OH-]. The van der Waals surface area contributed by atoms with E-state index in [-0.39, 0.29) is 93.3 Å². The first-order valence-electron chi connectivity index (χ1n) is 8.38. The van der Waals surface area contributed by atoms with Crippen LogP contribution in [-0.4, -0.2) is 69.5 Å². The summed E-state index contributed by atoms with van der Waals surface area (Å²) in [5.74, 6) is 0.712. The number of nitrogens with zero attached hydrogens (tertiary/aromatic N) is 1. The van der Waals surface area contributed by atoms with Crippen LogP contribution in [0.3, 0.4) is 0 Å². The number of hydrogen-bond acceptors (Lipinski definition) is 6. The fourth-order valence-corrected chi connectivity index (χ4v) is 2.11. The summed E-state index contributed by atoms with van der Waals surface area (Å²) in [6.45, 7) is 4.98. The average molecular weight is 443 g/mol. The van der Waals surface area contributed by atoms with Crippen LogP contribution in [0.2, 0.25) is 0 Å². The molecule has 0 spiro atoms. The van der Waals surface area contributed by atoms with Crippen LogP contribution in [0.25, 0.3) is 0 Å². The molecule has 1 heterocycles. The van der Waals surface area contributed by atoms with Crippen LogP contribution in [0.4, 0.5) is 0 Å². The van der Waals surface area contributed by atoms with E-state index in [1.165, 1.54) is 0 Å². The zero-order valence-electron chi connectivity index (χ0n) is 16.2. The van der Waals surface area contributed by atoms with E-state index in [0.29, 0.717) is 25.1 Å². The van der Waals surface area contributed by atoms with Gasteiger partial charge in [-0.2, -0.15) is 0 Å². The number of rotatable bonds is 8. The van der Waals surface area contributed by atoms with Crippen molar-refractivity contribution in [1.29, 1.82) is 0 Å². The van der Waals surface area contributed by atoms with Gasteiger partial charge in [0.25, 0.3) is 0 Å². The van der Waals surface area contributed by atoms with Gasteiger partial charge < -0.3 is 26.3 Å². The van der Waals surface area contributed by atoms with Gasteiger partial charge in [0.15, 0.2) is 0 Å². The Morgan fingerprint density at radius 3 is 2.04 bits per heavy atom. The third-order valence-corrected chi connectivity index (χ3v) is 3.95. The zero-order valence-corrected chi connectivity index (χ0v) is 20.8. The van der Waals surface area contributed by atoms with Crippen molar-refractivity contribution in [3.8, 4) is 0 Å². The van der Waals surface area contributed by atoms with Gasteiger partial charge in [-0.15, -0.1) is 11.6 Å². The summed E-state index contributed by atoms with van der Waals surface area (Å²) in [4.78, 5) is 22.8. The topological polar surface area (TPSA) is 134 Å². The average Bonchev–Trinajstić information content (AvgIpc) is 3.00. The summed E-state index contributed by atoms with van der Waals surface area (Å²) in [5.41, 5.74) is 5.22. The van der Waals surface area contributed by atoms with Crippen LogP contribution in [0.5, 0.6) is 0 Å². The molecule has 0 unspecified atom stereocenters. The van der Waals surface area contributed by atoms with Gasteiger partial charge in [0.1, 0.15) is 0 Å². The molecule has 1 fully saturated rings. The number of carbonyl (C=O) groups excluding carboxylic acids is 2. The van der Waals surface area contributed by atoms with E-state index in [1.54, 1.807) is 4.90 Å². The summed E-state index contributed by atoms with van der Waals surface area (Å²) in [7, 11) is 0. The number of aliphatic hydroxyl groups excluding tert-OH is 2. The summed E-state index contributed by atoms with van der Waals surface area (Å²) in [6, 6.07) is 0.0509. The van der Waals surface area contributed by atoms with Crippen molar-refractivity contribution in [2.75, 3.05) is 25.6 Å². The number of carbonyl (C=O) groups is 2. The zero-order chi connectivity index (χ0) is 19.0. The standard InChI is InChI=1S/C8H15NO2.C4H6Cl2O.C4H11NO.K.H2O/c1-2-7(6-10)9-5-3-4-8(9)11;5-3-1-2-4(6)7;1-2-4(5)3-6;;/h7,10H,2-6H2,1H3;1-3H2;4,6H,2-3,5H2,1H3;;1H2/q;;;+1;/p-1/t7-;;4-;;/m0.0../s1. The minimum atomic E-state index is -0.305. The third kappa shape index (κ3) is 19.9. The Balaban J connectivity index is -0.000000143. The van der Waals surface area contributed by atoms with Gasteiger partial charge in [-0.3, -0.25) is 9.59 Å². The molecular formula is C16H33Cl2KN2O5. The van der Waals surface area contributed by atoms with Gasteiger partial charge in [-0.25, -0.2) is 0 Å². The van der Waals surface area contributed by atoms with Gasteiger partial charge in [-0.05, 0) is 37.3 Å². The van der Waals surface area contributed by atoms with Gasteiger partial charge in [0.2, 0.25) is 11.1 Å². The predicted molar refractivity (Wildman–Crippen MR) is 100 cm³/mol. The molecule has 7 nitrogen and oxygen atoms in total. The Labute approximate surface area is 209 Å². The first-order chi connectivity index (χ1) is 11.4. The van der Waals surface area contributed by atoms with Crippen molar-refractivity contribution in [2.24, 2.45) is 5.73 Å². The van der Waals surface area contributed by atoms with Gasteiger partial charge >= 0.3 is 51.4 Å². The summed E-state index contributed by atoms with van der Waals surface area (Å²) < 4.78 is 0. The van der Waals surface area contributed by atoms with Crippen molar-refractivity contribution in [3.63, 3.8) is 0 Å². The van der Waals surface area contributed by atoms with E-state index in [4.69, 9.17) is 39.1 Å². The Kier molecular flexibility index (Phi) is 32.3. The van der Waals surface area contributed by atoms with Crippen LogP contribution in [0.15, 0.2) is 0 Å². The number of likely N-dealkylation sites (tertiary alicyclic amines) is 1. The number of amides is 1. The first-order valence-corrected chi connectivity index (χ1v) is 9.30. The molecule has 26 heavy (non-hydrogen) atoms. The van der Waals surface area contributed by atoms with Crippen molar-refractivity contribution >= 4 is 34.4 Å². The van der Waals surface area contributed by atoms with Crippen LogP contribution < -0.4 is 57.1 Å². The Morgan fingerprint density at radius 2 is 1.85 bits per heavy atom. The van der Waals surface area contributed by atoms with E-state index in [9.17, 15) is 9.59 Å². The van der Waals surface area contributed by atoms with Crippen LogP contribution in [0, 0.1) is 0 Å². The smallest absolute Gasteiger partial charge is 0.870 e. The van der Waals surface area contributed by atoms with Crippen LogP contribution in [-0.2, 0) is 9.59 Å². The maximum absolute atomic E-state index is 11.1. The third-order valence-electron chi connectivity index (χ3n) is 3.50. The maximum atomic E-state index is 11.1. The van der Waals surface area contributed by atoms with Gasteiger partial charge in [-0.1, -0.05) is 13.8 Å². The Morgan fingerprint density at radius 1 is 1.27 bits per heavy atom. The second-order valence-corrected chi connectivity index (χ2v) is 6.23. The molecule has 0 saturated carbocycles. The second kappa shape index (κ2) is 24.2. The molecule has 0 aromatic carbocycles.